The molecule has 0 atom stereocenters. The van der Waals surface area contributed by atoms with Gasteiger partial charge in [0, 0.05) is 26.2 Å². The smallest absolute Gasteiger partial charge is 0.410 e. The van der Waals surface area contributed by atoms with E-state index in [1.54, 1.807) is 38.2 Å². The molecule has 0 aliphatic carbocycles. The van der Waals surface area contributed by atoms with Crippen molar-refractivity contribution in [3.63, 3.8) is 0 Å². The van der Waals surface area contributed by atoms with Crippen LogP contribution < -0.4 is 18.9 Å². The number of carbonyl (C=O) groups is 4. The van der Waals surface area contributed by atoms with Crippen LogP contribution in [0.2, 0.25) is 0 Å². The first-order valence-electron chi connectivity index (χ1n) is 21.0. The number of nitrogens with zero attached hydrogens (tertiary/aromatic N) is 3. The molecule has 0 aliphatic rings. The first-order chi connectivity index (χ1) is 32.2. The number of methoxy groups -OCH3 is 4. The summed E-state index contributed by atoms with van der Waals surface area (Å²) in [6.45, 7) is 0.917. The molecule has 0 spiro atoms. The molecule has 350 valence electrons. The number of pyridine rings is 1. The maximum absolute atomic E-state index is 13.2. The summed E-state index contributed by atoms with van der Waals surface area (Å²) in [7, 11) is 6.31. The van der Waals surface area contributed by atoms with Gasteiger partial charge < -0.3 is 47.4 Å². The highest BCUT2D eigenvalue weighted by atomic mass is 16.6. The number of rotatable bonds is 26. The summed E-state index contributed by atoms with van der Waals surface area (Å²) < 4.78 is 53.9. The van der Waals surface area contributed by atoms with E-state index >= 15 is 0 Å². The van der Waals surface area contributed by atoms with Gasteiger partial charge in [0.1, 0.15) is 60.8 Å². The number of esters is 2. The van der Waals surface area contributed by atoms with Gasteiger partial charge in [-0.2, -0.15) is 0 Å². The van der Waals surface area contributed by atoms with Crippen LogP contribution >= 0.6 is 0 Å². The predicted molar refractivity (Wildman–Crippen MR) is 240 cm³/mol. The summed E-state index contributed by atoms with van der Waals surface area (Å²) in [5.74, 6) is 1.14. The first kappa shape index (κ1) is 49.6. The van der Waals surface area contributed by atoms with E-state index in [2.05, 4.69) is 4.98 Å². The number of hydrogen-bond acceptors (Lipinski definition) is 15. The van der Waals surface area contributed by atoms with Crippen LogP contribution in [-0.2, 0) is 54.6 Å². The zero-order valence-electron chi connectivity index (χ0n) is 37.5. The van der Waals surface area contributed by atoms with Gasteiger partial charge in [0.15, 0.2) is 0 Å². The van der Waals surface area contributed by atoms with Crippen LogP contribution in [0.15, 0.2) is 115 Å². The molecule has 0 N–H and O–H groups in total. The van der Waals surface area contributed by atoms with Gasteiger partial charge in [-0.15, -0.1) is 0 Å². The van der Waals surface area contributed by atoms with Crippen molar-refractivity contribution in [2.24, 2.45) is 0 Å². The molecule has 0 bridgehead atoms. The Morgan fingerprint density at radius 3 is 0.985 bits per heavy atom. The highest BCUT2D eigenvalue weighted by Gasteiger charge is 2.20. The van der Waals surface area contributed by atoms with Crippen LogP contribution in [-0.4, -0.2) is 120 Å². The average molecular weight is 910 g/mol. The van der Waals surface area contributed by atoms with Gasteiger partial charge in [0.2, 0.25) is 0 Å². The SMILES string of the molecule is COc1cccc(CN(Cc2cccc(OC)c2)C(=O)OCCOCCOC(=O)c2cccc(C(=O)OCCOCCOC(=O)N(Cc3cccc(OC)c3)Cc3cccc(OC)c3)n2)c1. The van der Waals surface area contributed by atoms with Crippen LogP contribution in [0.25, 0.3) is 0 Å². The lowest BCUT2D eigenvalue weighted by atomic mass is 10.1. The Kier molecular flexibility index (Phi) is 20.4. The van der Waals surface area contributed by atoms with Gasteiger partial charge in [-0.25, -0.2) is 24.2 Å². The monoisotopic (exact) mass is 909 g/mol. The lowest BCUT2D eigenvalue weighted by Crippen LogP contribution is -2.31. The van der Waals surface area contributed by atoms with Gasteiger partial charge in [-0.05, 0) is 82.9 Å². The molecule has 66 heavy (non-hydrogen) atoms. The molecule has 1 aromatic heterocycles. The highest BCUT2D eigenvalue weighted by molar-refractivity contribution is 5.91. The van der Waals surface area contributed by atoms with E-state index in [-0.39, 0.29) is 90.4 Å². The van der Waals surface area contributed by atoms with Gasteiger partial charge in [0.25, 0.3) is 0 Å². The van der Waals surface area contributed by atoms with E-state index in [0.717, 1.165) is 22.3 Å². The molecule has 5 aromatic rings. The fourth-order valence-electron chi connectivity index (χ4n) is 6.29. The summed E-state index contributed by atoms with van der Waals surface area (Å²) in [5.41, 5.74) is 3.22. The average Bonchev–Trinajstić information content (AvgIpc) is 3.35. The molecule has 0 saturated heterocycles. The standard InChI is InChI=1S/C49H55N3O14/c1-57-40-14-5-10-36(28-40)32-51(33-37-11-6-15-41(29-37)58-2)48(55)65-26-22-61-20-24-63-46(53)44-18-9-19-45(50-44)47(54)64-25-21-62-23-27-66-49(56)52(34-38-12-7-16-42(30-38)59-3)35-39-13-8-17-43(31-39)60-4/h5-19,28-31H,20-27,32-35H2,1-4H3. The van der Waals surface area contributed by atoms with Crippen molar-refractivity contribution in [2.45, 2.75) is 26.2 Å². The molecule has 5 rings (SSSR count). The number of amides is 2. The largest absolute Gasteiger partial charge is 0.497 e. The van der Waals surface area contributed by atoms with Crippen molar-refractivity contribution >= 4 is 24.1 Å². The van der Waals surface area contributed by atoms with Crippen LogP contribution in [0.1, 0.15) is 43.2 Å². The van der Waals surface area contributed by atoms with E-state index in [4.69, 9.17) is 47.4 Å². The normalized spacial score (nSPS) is 10.6. The number of ether oxygens (including phenoxy) is 10. The van der Waals surface area contributed by atoms with E-state index < -0.39 is 24.1 Å². The Hall–Kier alpha value is -7.37. The second-order valence-electron chi connectivity index (χ2n) is 14.3. The van der Waals surface area contributed by atoms with Crippen LogP contribution in [0.3, 0.4) is 0 Å². The van der Waals surface area contributed by atoms with Crippen molar-refractivity contribution in [2.75, 3.05) is 81.3 Å². The number of aromatic nitrogens is 1. The summed E-state index contributed by atoms with van der Waals surface area (Å²) in [4.78, 5) is 58.9. The Labute approximate surface area is 383 Å². The Morgan fingerprint density at radius 1 is 0.394 bits per heavy atom. The van der Waals surface area contributed by atoms with Gasteiger partial charge in [0.05, 0.1) is 54.9 Å². The minimum Gasteiger partial charge on any atom is -0.497 e. The minimum absolute atomic E-state index is 0.0203. The molecule has 0 fully saturated rings. The molecule has 17 nitrogen and oxygen atoms in total. The van der Waals surface area contributed by atoms with Crippen molar-refractivity contribution < 1.29 is 66.5 Å². The molecule has 0 aliphatic heterocycles. The summed E-state index contributed by atoms with van der Waals surface area (Å²) in [6.07, 6.45) is -1.09. The molecule has 1 heterocycles. The molecular formula is C49H55N3O14. The van der Waals surface area contributed by atoms with Gasteiger partial charge >= 0.3 is 24.1 Å². The fraction of sp³-hybridized carbons (Fsp3) is 0.327. The summed E-state index contributed by atoms with van der Waals surface area (Å²) >= 11 is 0. The minimum atomic E-state index is -0.770. The maximum Gasteiger partial charge on any atom is 0.410 e. The number of carbonyl (C=O) groups excluding carboxylic acids is 4. The third-order valence-electron chi connectivity index (χ3n) is 9.54. The van der Waals surface area contributed by atoms with Crippen molar-refractivity contribution in [1.82, 2.24) is 14.8 Å². The van der Waals surface area contributed by atoms with Gasteiger partial charge in [-0.3, -0.25) is 9.80 Å². The third kappa shape index (κ3) is 16.6. The lowest BCUT2D eigenvalue weighted by Gasteiger charge is -2.23. The Bertz CT molecular complexity index is 2070. The Balaban J connectivity index is 0.976. The fourth-order valence-corrected chi connectivity index (χ4v) is 6.29. The van der Waals surface area contributed by atoms with Crippen molar-refractivity contribution in [3.8, 4) is 23.0 Å². The third-order valence-corrected chi connectivity index (χ3v) is 9.54. The first-order valence-corrected chi connectivity index (χ1v) is 21.0. The van der Waals surface area contributed by atoms with E-state index in [9.17, 15) is 19.2 Å². The summed E-state index contributed by atoms with van der Waals surface area (Å²) in [5, 5.41) is 0. The zero-order valence-corrected chi connectivity index (χ0v) is 37.5. The second kappa shape index (κ2) is 27.1. The number of benzene rings is 4. The van der Waals surface area contributed by atoms with Gasteiger partial charge in [-0.1, -0.05) is 54.6 Å². The lowest BCUT2D eigenvalue weighted by molar-refractivity contribution is 0.0187. The van der Waals surface area contributed by atoms with Crippen molar-refractivity contribution in [3.05, 3.63) is 149 Å². The summed E-state index contributed by atoms with van der Waals surface area (Å²) in [6, 6.07) is 34.0. The quantitative estimate of drug-likeness (QED) is 0.0310. The highest BCUT2D eigenvalue weighted by Crippen LogP contribution is 2.21. The zero-order chi connectivity index (χ0) is 46.9. The number of hydrogen-bond donors (Lipinski definition) is 0. The van der Waals surface area contributed by atoms with E-state index in [1.807, 2.05) is 97.1 Å². The molecule has 17 heteroatoms. The molecule has 0 radical (unpaired) electrons. The molecule has 2 amide bonds. The Morgan fingerprint density at radius 2 is 0.682 bits per heavy atom. The van der Waals surface area contributed by atoms with Crippen LogP contribution in [0, 0.1) is 0 Å². The topological polar surface area (TPSA) is 180 Å². The maximum atomic E-state index is 13.2. The van der Waals surface area contributed by atoms with Crippen LogP contribution in [0.5, 0.6) is 23.0 Å². The molecule has 4 aromatic carbocycles. The second-order valence-corrected chi connectivity index (χ2v) is 14.3. The molecular weight excluding hydrogens is 855 g/mol. The van der Waals surface area contributed by atoms with E-state index in [1.165, 1.54) is 18.2 Å². The molecule has 0 saturated carbocycles. The molecule has 0 unspecified atom stereocenters. The van der Waals surface area contributed by atoms with Crippen LogP contribution in [0.4, 0.5) is 9.59 Å². The van der Waals surface area contributed by atoms with E-state index in [0.29, 0.717) is 23.0 Å². The van der Waals surface area contributed by atoms with Crippen molar-refractivity contribution in [1.29, 1.82) is 0 Å². The predicted octanol–water partition coefficient (Wildman–Crippen LogP) is 7.14.